The van der Waals surface area contributed by atoms with Gasteiger partial charge in [-0.3, -0.25) is 14.6 Å². The van der Waals surface area contributed by atoms with Gasteiger partial charge >= 0.3 is 5.97 Å². The van der Waals surface area contributed by atoms with E-state index in [9.17, 15) is 4.79 Å². The zero-order valence-corrected chi connectivity index (χ0v) is 18.2. The van der Waals surface area contributed by atoms with E-state index >= 15 is 0 Å². The SMILES string of the molecule is CCOC(=O)c1nn(Cc2ccncc2)c2c1CN(Cc1cccc(OCCO)c1)CC2. The van der Waals surface area contributed by atoms with Gasteiger partial charge in [-0.05, 0) is 42.3 Å². The van der Waals surface area contributed by atoms with E-state index in [0.29, 0.717) is 25.4 Å². The molecule has 2 aromatic heterocycles. The topological polar surface area (TPSA) is 89.7 Å². The monoisotopic (exact) mass is 436 g/mol. The number of aliphatic hydroxyl groups is 1. The lowest BCUT2D eigenvalue weighted by molar-refractivity contribution is 0.0515. The number of hydrogen-bond acceptors (Lipinski definition) is 7. The molecule has 8 nitrogen and oxygen atoms in total. The molecule has 0 atom stereocenters. The van der Waals surface area contributed by atoms with E-state index in [4.69, 9.17) is 14.6 Å². The number of benzene rings is 1. The summed E-state index contributed by atoms with van der Waals surface area (Å²) in [5.41, 5.74) is 4.63. The van der Waals surface area contributed by atoms with Gasteiger partial charge in [-0.1, -0.05) is 12.1 Å². The van der Waals surface area contributed by atoms with Gasteiger partial charge in [-0.25, -0.2) is 4.79 Å². The summed E-state index contributed by atoms with van der Waals surface area (Å²) >= 11 is 0. The van der Waals surface area contributed by atoms with Crippen molar-refractivity contribution in [1.29, 1.82) is 0 Å². The minimum Gasteiger partial charge on any atom is -0.491 e. The first-order chi connectivity index (χ1) is 15.7. The van der Waals surface area contributed by atoms with E-state index in [1.807, 2.05) is 35.0 Å². The highest BCUT2D eigenvalue weighted by atomic mass is 16.5. The molecule has 0 fully saturated rings. The molecule has 0 aliphatic carbocycles. The maximum atomic E-state index is 12.6. The number of carbonyl (C=O) groups excluding carboxylic acids is 1. The van der Waals surface area contributed by atoms with Crippen molar-refractivity contribution in [1.82, 2.24) is 19.7 Å². The molecule has 0 amide bonds. The maximum absolute atomic E-state index is 12.6. The van der Waals surface area contributed by atoms with Crippen LogP contribution in [0, 0.1) is 0 Å². The maximum Gasteiger partial charge on any atom is 0.359 e. The lowest BCUT2D eigenvalue weighted by Gasteiger charge is -2.28. The van der Waals surface area contributed by atoms with Crippen molar-refractivity contribution >= 4 is 5.97 Å². The Morgan fingerprint density at radius 2 is 2.00 bits per heavy atom. The smallest absolute Gasteiger partial charge is 0.359 e. The first kappa shape index (κ1) is 22.0. The quantitative estimate of drug-likeness (QED) is 0.515. The van der Waals surface area contributed by atoms with Crippen molar-refractivity contribution in [2.24, 2.45) is 0 Å². The lowest BCUT2D eigenvalue weighted by atomic mass is 10.0. The molecular formula is C24H28N4O4. The van der Waals surface area contributed by atoms with Gasteiger partial charge in [-0.2, -0.15) is 5.10 Å². The number of carbonyl (C=O) groups is 1. The molecule has 1 N–H and O–H groups in total. The molecular weight excluding hydrogens is 408 g/mol. The Hall–Kier alpha value is -3.23. The zero-order chi connectivity index (χ0) is 22.3. The Kier molecular flexibility index (Phi) is 7.14. The summed E-state index contributed by atoms with van der Waals surface area (Å²) < 4.78 is 12.7. The first-order valence-corrected chi connectivity index (χ1v) is 10.9. The summed E-state index contributed by atoms with van der Waals surface area (Å²) in [7, 11) is 0. The number of pyridine rings is 1. The highest BCUT2D eigenvalue weighted by molar-refractivity contribution is 5.89. The third-order valence-corrected chi connectivity index (χ3v) is 5.43. The van der Waals surface area contributed by atoms with Gasteiger partial charge in [-0.15, -0.1) is 0 Å². The highest BCUT2D eigenvalue weighted by Gasteiger charge is 2.29. The van der Waals surface area contributed by atoms with Gasteiger partial charge in [0, 0.05) is 49.7 Å². The molecule has 32 heavy (non-hydrogen) atoms. The van der Waals surface area contributed by atoms with Crippen LogP contribution in [-0.4, -0.2) is 57.1 Å². The largest absolute Gasteiger partial charge is 0.491 e. The fourth-order valence-electron chi connectivity index (χ4n) is 3.99. The summed E-state index contributed by atoms with van der Waals surface area (Å²) in [6.45, 7) is 5.18. The van der Waals surface area contributed by atoms with E-state index in [-0.39, 0.29) is 19.2 Å². The molecule has 1 aliphatic heterocycles. The summed E-state index contributed by atoms with van der Waals surface area (Å²) in [6.07, 6.45) is 4.32. The second-order valence-electron chi connectivity index (χ2n) is 7.69. The van der Waals surface area contributed by atoms with E-state index < -0.39 is 0 Å². The second kappa shape index (κ2) is 10.4. The van der Waals surface area contributed by atoms with E-state index in [2.05, 4.69) is 21.0 Å². The molecule has 0 radical (unpaired) electrons. The van der Waals surface area contributed by atoms with Gasteiger partial charge in [0.2, 0.25) is 0 Å². The molecule has 0 spiro atoms. The summed E-state index contributed by atoms with van der Waals surface area (Å²) in [4.78, 5) is 19.0. The third kappa shape index (κ3) is 5.15. The predicted molar refractivity (Wildman–Crippen MR) is 118 cm³/mol. The number of aromatic nitrogens is 3. The standard InChI is InChI=1S/C24H28N4O4/c1-2-31-24(30)23-21-17-27(15-19-4-3-5-20(14-19)32-13-12-29)11-8-22(21)28(26-23)16-18-6-9-25-10-7-18/h3-7,9-10,14,29H,2,8,11-13,15-17H2,1H3. The molecule has 0 saturated carbocycles. The van der Waals surface area contributed by atoms with Crippen LogP contribution in [0.25, 0.3) is 0 Å². The molecule has 3 aromatic rings. The fourth-order valence-corrected chi connectivity index (χ4v) is 3.99. The van der Waals surface area contributed by atoms with Crippen LogP contribution in [0.5, 0.6) is 5.75 Å². The molecule has 0 bridgehead atoms. The predicted octanol–water partition coefficient (Wildman–Crippen LogP) is 2.43. The van der Waals surface area contributed by atoms with Crippen LogP contribution in [0.15, 0.2) is 48.8 Å². The summed E-state index contributed by atoms with van der Waals surface area (Å²) in [6, 6.07) is 11.8. The van der Waals surface area contributed by atoms with Crippen molar-refractivity contribution < 1.29 is 19.4 Å². The molecule has 0 saturated heterocycles. The van der Waals surface area contributed by atoms with E-state index in [1.54, 1.807) is 19.3 Å². The second-order valence-corrected chi connectivity index (χ2v) is 7.69. The number of esters is 1. The number of fused-ring (bicyclic) bond motifs is 1. The number of ether oxygens (including phenoxy) is 2. The molecule has 3 heterocycles. The van der Waals surface area contributed by atoms with Crippen LogP contribution < -0.4 is 4.74 Å². The third-order valence-electron chi connectivity index (χ3n) is 5.43. The summed E-state index contributed by atoms with van der Waals surface area (Å²) in [5.74, 6) is 0.366. The van der Waals surface area contributed by atoms with Gasteiger partial charge < -0.3 is 14.6 Å². The normalized spacial score (nSPS) is 13.6. The first-order valence-electron chi connectivity index (χ1n) is 10.9. The Morgan fingerprint density at radius 1 is 1.16 bits per heavy atom. The van der Waals surface area contributed by atoms with Gasteiger partial charge in [0.25, 0.3) is 0 Å². The average molecular weight is 437 g/mol. The van der Waals surface area contributed by atoms with Gasteiger partial charge in [0.15, 0.2) is 5.69 Å². The van der Waals surface area contributed by atoms with Gasteiger partial charge in [0.1, 0.15) is 12.4 Å². The lowest BCUT2D eigenvalue weighted by Crippen LogP contribution is -2.31. The van der Waals surface area contributed by atoms with Crippen LogP contribution in [0.2, 0.25) is 0 Å². The minimum atomic E-state index is -0.376. The van der Waals surface area contributed by atoms with E-state index in [1.165, 1.54) is 0 Å². The number of rotatable bonds is 9. The number of aliphatic hydroxyl groups excluding tert-OH is 1. The highest BCUT2D eigenvalue weighted by Crippen LogP contribution is 2.26. The molecule has 168 valence electrons. The Labute approximate surface area is 187 Å². The van der Waals surface area contributed by atoms with Crippen molar-refractivity contribution in [3.8, 4) is 5.75 Å². The molecule has 0 unspecified atom stereocenters. The van der Waals surface area contributed by atoms with Gasteiger partial charge in [0.05, 0.1) is 19.8 Å². The Bertz CT molecular complexity index is 1050. The van der Waals surface area contributed by atoms with Crippen molar-refractivity contribution in [2.75, 3.05) is 26.4 Å². The Morgan fingerprint density at radius 3 is 2.78 bits per heavy atom. The number of hydrogen-bond donors (Lipinski definition) is 1. The van der Waals surface area contributed by atoms with Crippen molar-refractivity contribution in [3.63, 3.8) is 0 Å². The molecule has 1 aliphatic rings. The average Bonchev–Trinajstić information content (AvgIpc) is 3.16. The zero-order valence-electron chi connectivity index (χ0n) is 18.2. The number of nitrogens with zero attached hydrogens (tertiary/aromatic N) is 4. The Balaban J connectivity index is 1.55. The van der Waals surface area contributed by atoms with E-state index in [0.717, 1.165) is 47.6 Å². The van der Waals surface area contributed by atoms with Crippen molar-refractivity contribution in [3.05, 3.63) is 76.9 Å². The minimum absolute atomic E-state index is 0.0146. The van der Waals surface area contributed by atoms with Crippen LogP contribution in [-0.2, 0) is 30.8 Å². The van der Waals surface area contributed by atoms with Crippen LogP contribution in [0.3, 0.4) is 0 Å². The van der Waals surface area contributed by atoms with Crippen LogP contribution >= 0.6 is 0 Å². The van der Waals surface area contributed by atoms with Crippen LogP contribution in [0.4, 0.5) is 0 Å². The molecule has 8 heteroatoms. The van der Waals surface area contributed by atoms with Crippen LogP contribution in [0.1, 0.15) is 39.8 Å². The molecule has 4 rings (SSSR count). The summed E-state index contributed by atoms with van der Waals surface area (Å²) in [5, 5.41) is 13.6. The molecule has 1 aromatic carbocycles. The van der Waals surface area contributed by atoms with Crippen molar-refractivity contribution in [2.45, 2.75) is 33.0 Å². The fraction of sp³-hybridized carbons (Fsp3) is 0.375.